The Morgan fingerprint density at radius 1 is 1.14 bits per heavy atom. The van der Waals surface area contributed by atoms with Crippen molar-refractivity contribution in [2.75, 3.05) is 12.4 Å². The lowest BCUT2D eigenvalue weighted by Gasteiger charge is -2.36. The second-order valence-corrected chi connectivity index (χ2v) is 9.03. The SMILES string of the molecule is NS(=O)(=O)CC1(COc2c(Br)cccc2Br)CCCCC1. The fraction of sp³-hybridized carbons (Fsp3) is 0.571. The van der Waals surface area contributed by atoms with E-state index in [2.05, 4.69) is 31.9 Å². The number of hydrogen-bond donors (Lipinski definition) is 1. The first-order valence-corrected chi connectivity index (χ1v) is 10.2. The molecule has 1 aromatic rings. The number of rotatable bonds is 5. The fourth-order valence-corrected chi connectivity index (χ4v) is 5.36. The summed E-state index contributed by atoms with van der Waals surface area (Å²) in [4.78, 5) is 0. The van der Waals surface area contributed by atoms with Crippen LogP contribution in [0.15, 0.2) is 27.1 Å². The lowest BCUT2D eigenvalue weighted by Crippen LogP contribution is -2.40. The molecule has 0 aromatic heterocycles. The molecule has 0 spiro atoms. The molecule has 1 aromatic carbocycles. The molecule has 0 unspecified atom stereocenters. The average Bonchev–Trinajstić information content (AvgIpc) is 2.37. The van der Waals surface area contributed by atoms with Gasteiger partial charge in [0.05, 0.1) is 21.3 Å². The molecule has 0 saturated heterocycles. The molecule has 1 fully saturated rings. The smallest absolute Gasteiger partial charge is 0.209 e. The maximum Gasteiger partial charge on any atom is 0.209 e. The van der Waals surface area contributed by atoms with Gasteiger partial charge in [0.25, 0.3) is 0 Å². The summed E-state index contributed by atoms with van der Waals surface area (Å²) in [6.07, 6.45) is 4.87. The highest BCUT2D eigenvalue weighted by molar-refractivity contribution is 9.11. The van der Waals surface area contributed by atoms with Crippen LogP contribution in [0.1, 0.15) is 32.1 Å². The van der Waals surface area contributed by atoms with Gasteiger partial charge in [0.15, 0.2) is 0 Å². The van der Waals surface area contributed by atoms with Gasteiger partial charge in [-0.05, 0) is 56.8 Å². The van der Waals surface area contributed by atoms with Crippen molar-refractivity contribution in [2.45, 2.75) is 32.1 Å². The third kappa shape index (κ3) is 4.94. The first-order valence-electron chi connectivity index (χ1n) is 6.89. The molecule has 1 aliphatic rings. The normalized spacial score (nSPS) is 18.4. The van der Waals surface area contributed by atoms with Crippen LogP contribution in [-0.2, 0) is 10.0 Å². The first kappa shape index (κ1) is 17.2. The molecule has 0 amide bonds. The van der Waals surface area contributed by atoms with Crippen LogP contribution in [-0.4, -0.2) is 20.8 Å². The van der Waals surface area contributed by atoms with E-state index >= 15 is 0 Å². The van der Waals surface area contributed by atoms with Gasteiger partial charge in [-0.1, -0.05) is 25.3 Å². The summed E-state index contributed by atoms with van der Waals surface area (Å²) < 4.78 is 30.7. The Morgan fingerprint density at radius 3 is 2.24 bits per heavy atom. The summed E-state index contributed by atoms with van der Waals surface area (Å²) in [5, 5.41) is 5.28. The summed E-state index contributed by atoms with van der Waals surface area (Å²) in [7, 11) is -3.51. The number of para-hydroxylation sites is 1. The number of nitrogens with two attached hydrogens (primary N) is 1. The minimum absolute atomic E-state index is 0.0118. The quantitative estimate of drug-likeness (QED) is 0.756. The van der Waals surface area contributed by atoms with E-state index in [0.29, 0.717) is 12.4 Å². The van der Waals surface area contributed by atoms with Gasteiger partial charge in [-0.3, -0.25) is 0 Å². The van der Waals surface area contributed by atoms with E-state index in [1.165, 1.54) is 0 Å². The van der Waals surface area contributed by atoms with Crippen LogP contribution >= 0.6 is 31.9 Å². The van der Waals surface area contributed by atoms with Gasteiger partial charge < -0.3 is 4.74 Å². The van der Waals surface area contributed by atoms with Crippen molar-refractivity contribution in [1.29, 1.82) is 0 Å². The summed E-state index contributed by atoms with van der Waals surface area (Å²) in [5.41, 5.74) is -0.374. The van der Waals surface area contributed by atoms with Crippen molar-refractivity contribution < 1.29 is 13.2 Å². The van der Waals surface area contributed by atoms with Crippen LogP contribution in [0.2, 0.25) is 0 Å². The lowest BCUT2D eigenvalue weighted by atomic mass is 9.76. The van der Waals surface area contributed by atoms with E-state index in [9.17, 15) is 8.42 Å². The zero-order chi connectivity index (χ0) is 15.5. The molecule has 0 radical (unpaired) electrons. The second-order valence-electron chi connectivity index (χ2n) is 5.71. The average molecular weight is 441 g/mol. The number of hydrogen-bond acceptors (Lipinski definition) is 3. The number of ether oxygens (including phenoxy) is 1. The third-order valence-corrected chi connectivity index (χ3v) is 6.13. The largest absolute Gasteiger partial charge is 0.491 e. The molecule has 7 heteroatoms. The van der Waals surface area contributed by atoms with E-state index in [1.807, 2.05) is 18.2 Å². The van der Waals surface area contributed by atoms with Crippen molar-refractivity contribution in [3.8, 4) is 5.75 Å². The number of primary sulfonamides is 1. The molecule has 2 rings (SSSR count). The third-order valence-electron chi connectivity index (χ3n) is 3.86. The van der Waals surface area contributed by atoms with Crippen LogP contribution in [0.4, 0.5) is 0 Å². The standard InChI is InChI=1S/C14H19Br2NO3S/c15-11-5-4-6-12(16)13(11)20-9-14(10-21(17,18)19)7-2-1-3-8-14/h4-6H,1-3,7-10H2,(H2,17,18,19). The van der Waals surface area contributed by atoms with Gasteiger partial charge in [0.2, 0.25) is 10.0 Å². The molecular formula is C14H19Br2NO3S. The Balaban J connectivity index is 2.16. The van der Waals surface area contributed by atoms with E-state index in [4.69, 9.17) is 9.88 Å². The summed E-state index contributed by atoms with van der Waals surface area (Å²) >= 11 is 6.91. The van der Waals surface area contributed by atoms with Crippen LogP contribution in [0, 0.1) is 5.41 Å². The Hall–Kier alpha value is -0.110. The van der Waals surface area contributed by atoms with Crippen molar-refractivity contribution in [3.63, 3.8) is 0 Å². The Morgan fingerprint density at radius 2 is 1.71 bits per heavy atom. The molecule has 21 heavy (non-hydrogen) atoms. The zero-order valence-corrected chi connectivity index (χ0v) is 15.6. The Kier molecular flexibility index (Phi) is 5.73. The van der Waals surface area contributed by atoms with Gasteiger partial charge >= 0.3 is 0 Å². The van der Waals surface area contributed by atoms with E-state index in [-0.39, 0.29) is 11.2 Å². The summed E-state index contributed by atoms with van der Waals surface area (Å²) in [6, 6.07) is 5.70. The molecule has 4 nitrogen and oxygen atoms in total. The van der Waals surface area contributed by atoms with Crippen molar-refractivity contribution >= 4 is 41.9 Å². The van der Waals surface area contributed by atoms with Gasteiger partial charge in [0.1, 0.15) is 5.75 Å². The molecule has 0 atom stereocenters. The summed E-state index contributed by atoms with van der Waals surface area (Å²) in [5.74, 6) is 0.694. The molecule has 0 heterocycles. The van der Waals surface area contributed by atoms with Crippen LogP contribution in [0.25, 0.3) is 0 Å². The highest BCUT2D eigenvalue weighted by Gasteiger charge is 2.37. The molecule has 2 N–H and O–H groups in total. The first-order chi connectivity index (χ1) is 9.81. The monoisotopic (exact) mass is 439 g/mol. The van der Waals surface area contributed by atoms with E-state index in [1.54, 1.807) is 0 Å². The highest BCUT2D eigenvalue weighted by atomic mass is 79.9. The Labute approximate surface area is 142 Å². The van der Waals surface area contributed by atoms with Gasteiger partial charge in [-0.15, -0.1) is 0 Å². The Bertz CT molecular complexity index is 578. The maximum absolute atomic E-state index is 11.6. The minimum atomic E-state index is -3.51. The minimum Gasteiger partial charge on any atom is -0.491 e. The molecule has 118 valence electrons. The number of halogens is 2. The molecule has 0 bridgehead atoms. The van der Waals surface area contributed by atoms with Gasteiger partial charge in [-0.2, -0.15) is 0 Å². The van der Waals surface area contributed by atoms with Gasteiger partial charge in [-0.25, -0.2) is 13.6 Å². The second kappa shape index (κ2) is 6.98. The van der Waals surface area contributed by atoms with Gasteiger partial charge in [0, 0.05) is 5.41 Å². The molecular weight excluding hydrogens is 422 g/mol. The summed E-state index contributed by atoms with van der Waals surface area (Å²) in [6.45, 7) is 0.366. The predicted octanol–water partition coefficient (Wildman–Crippen LogP) is 3.83. The maximum atomic E-state index is 11.6. The molecule has 1 aliphatic carbocycles. The van der Waals surface area contributed by atoms with Crippen LogP contribution < -0.4 is 9.88 Å². The topological polar surface area (TPSA) is 69.4 Å². The molecule has 1 saturated carbocycles. The highest BCUT2D eigenvalue weighted by Crippen LogP contribution is 2.40. The van der Waals surface area contributed by atoms with E-state index < -0.39 is 10.0 Å². The van der Waals surface area contributed by atoms with E-state index in [0.717, 1.165) is 41.0 Å². The van der Waals surface area contributed by atoms with Crippen LogP contribution in [0.3, 0.4) is 0 Å². The van der Waals surface area contributed by atoms with Crippen molar-refractivity contribution in [1.82, 2.24) is 0 Å². The van der Waals surface area contributed by atoms with Crippen molar-refractivity contribution in [2.24, 2.45) is 10.6 Å². The molecule has 0 aliphatic heterocycles. The zero-order valence-electron chi connectivity index (χ0n) is 11.6. The fourth-order valence-electron chi connectivity index (χ4n) is 2.90. The van der Waals surface area contributed by atoms with Crippen LogP contribution in [0.5, 0.6) is 5.75 Å². The number of benzene rings is 1. The predicted molar refractivity (Wildman–Crippen MR) is 90.8 cm³/mol. The lowest BCUT2D eigenvalue weighted by molar-refractivity contribution is 0.117. The number of sulfonamides is 1. The van der Waals surface area contributed by atoms with Crippen molar-refractivity contribution in [3.05, 3.63) is 27.1 Å².